The zero-order chi connectivity index (χ0) is 14.9. The van der Waals surface area contributed by atoms with Crippen LogP contribution in [0.2, 0.25) is 0 Å². The van der Waals surface area contributed by atoms with Crippen LogP contribution >= 0.6 is 0 Å². The van der Waals surface area contributed by atoms with E-state index in [0.29, 0.717) is 25.3 Å². The number of halogens is 2. The van der Waals surface area contributed by atoms with Gasteiger partial charge in [-0.15, -0.1) is 0 Å². The summed E-state index contributed by atoms with van der Waals surface area (Å²) in [5, 5.41) is 9.61. The zero-order valence-corrected chi connectivity index (χ0v) is 11.9. The molecule has 0 bridgehead atoms. The molecule has 0 spiro atoms. The van der Waals surface area contributed by atoms with Gasteiger partial charge in [-0.3, -0.25) is 0 Å². The molecule has 1 heterocycles. The standard InChI is InChI=1S/C13H17F2NO3S/c1-2-9-7-10(17)5-6-16(9)20(18,19)11-3-4-12(14)13(15)8-11/h3-4,8-10,17H,2,5-7H2,1H3/t9-,10-/m0/s1. The van der Waals surface area contributed by atoms with Gasteiger partial charge < -0.3 is 5.11 Å². The van der Waals surface area contributed by atoms with E-state index in [2.05, 4.69) is 0 Å². The summed E-state index contributed by atoms with van der Waals surface area (Å²) in [4.78, 5) is -0.258. The van der Waals surface area contributed by atoms with Crippen molar-refractivity contribution >= 4 is 10.0 Å². The molecule has 1 saturated heterocycles. The fourth-order valence-electron chi connectivity index (χ4n) is 2.47. The average molecular weight is 305 g/mol. The molecule has 112 valence electrons. The lowest BCUT2D eigenvalue weighted by Gasteiger charge is -2.36. The molecule has 2 atom stereocenters. The summed E-state index contributed by atoms with van der Waals surface area (Å²) in [6.45, 7) is 2.01. The molecular formula is C13H17F2NO3S. The highest BCUT2D eigenvalue weighted by atomic mass is 32.2. The van der Waals surface area contributed by atoms with Gasteiger partial charge in [0.25, 0.3) is 0 Å². The maximum atomic E-state index is 13.2. The van der Waals surface area contributed by atoms with Crippen LogP contribution in [0.5, 0.6) is 0 Å². The van der Waals surface area contributed by atoms with E-state index in [1.54, 1.807) is 0 Å². The van der Waals surface area contributed by atoms with Gasteiger partial charge in [0.2, 0.25) is 10.0 Å². The van der Waals surface area contributed by atoms with E-state index in [9.17, 15) is 22.3 Å². The number of sulfonamides is 1. The molecule has 20 heavy (non-hydrogen) atoms. The number of benzene rings is 1. The molecule has 0 aromatic heterocycles. The maximum absolute atomic E-state index is 13.2. The monoisotopic (exact) mass is 305 g/mol. The summed E-state index contributed by atoms with van der Waals surface area (Å²) < 4.78 is 52.4. The first kappa shape index (κ1) is 15.3. The Morgan fingerprint density at radius 2 is 2.05 bits per heavy atom. The van der Waals surface area contributed by atoms with Gasteiger partial charge in [-0.2, -0.15) is 4.31 Å². The number of hydrogen-bond donors (Lipinski definition) is 1. The van der Waals surface area contributed by atoms with Crippen LogP contribution < -0.4 is 0 Å². The molecule has 1 aromatic rings. The fraction of sp³-hybridized carbons (Fsp3) is 0.538. The van der Waals surface area contributed by atoms with Gasteiger partial charge in [-0.25, -0.2) is 17.2 Å². The quantitative estimate of drug-likeness (QED) is 0.928. The molecule has 1 N–H and O–H groups in total. The molecule has 0 amide bonds. The molecule has 1 aliphatic heterocycles. The summed E-state index contributed by atoms with van der Waals surface area (Å²) >= 11 is 0. The predicted octanol–water partition coefficient (Wildman–Crippen LogP) is 1.89. The highest BCUT2D eigenvalue weighted by Gasteiger charge is 2.35. The molecule has 2 rings (SSSR count). The summed E-state index contributed by atoms with van der Waals surface area (Å²) in [6, 6.07) is 2.24. The highest BCUT2D eigenvalue weighted by Crippen LogP contribution is 2.27. The minimum Gasteiger partial charge on any atom is -0.393 e. The van der Waals surface area contributed by atoms with Crippen LogP contribution in [-0.2, 0) is 10.0 Å². The Morgan fingerprint density at radius 3 is 2.65 bits per heavy atom. The molecule has 7 heteroatoms. The first-order valence-electron chi connectivity index (χ1n) is 6.51. The highest BCUT2D eigenvalue weighted by molar-refractivity contribution is 7.89. The van der Waals surface area contributed by atoms with Crippen molar-refractivity contribution in [3.8, 4) is 0 Å². The van der Waals surface area contributed by atoms with E-state index in [4.69, 9.17) is 0 Å². The Hall–Kier alpha value is -1.05. The van der Waals surface area contributed by atoms with E-state index in [1.807, 2.05) is 6.92 Å². The molecule has 1 aromatic carbocycles. The molecule has 0 saturated carbocycles. The van der Waals surface area contributed by atoms with Crippen molar-refractivity contribution in [1.29, 1.82) is 0 Å². The number of aliphatic hydroxyl groups is 1. The summed E-state index contributed by atoms with van der Waals surface area (Å²) in [7, 11) is -3.87. The Labute approximate surface area is 117 Å². The van der Waals surface area contributed by atoms with Crippen LogP contribution in [0, 0.1) is 11.6 Å². The van der Waals surface area contributed by atoms with E-state index in [1.165, 1.54) is 4.31 Å². The van der Waals surface area contributed by atoms with E-state index < -0.39 is 27.8 Å². The van der Waals surface area contributed by atoms with Gasteiger partial charge >= 0.3 is 0 Å². The third-order valence-corrected chi connectivity index (χ3v) is 5.55. The van der Waals surface area contributed by atoms with Gasteiger partial charge in [-0.05, 0) is 37.5 Å². The van der Waals surface area contributed by atoms with Gasteiger partial charge in [0, 0.05) is 12.6 Å². The molecule has 1 aliphatic rings. The smallest absolute Gasteiger partial charge is 0.243 e. The second kappa shape index (κ2) is 5.75. The number of nitrogens with zero attached hydrogens (tertiary/aromatic N) is 1. The summed E-state index contributed by atoms with van der Waals surface area (Å²) in [5.74, 6) is -2.26. The average Bonchev–Trinajstić information content (AvgIpc) is 2.41. The first-order chi connectivity index (χ1) is 9.36. The Kier molecular flexibility index (Phi) is 4.41. The van der Waals surface area contributed by atoms with Crippen LogP contribution in [0.1, 0.15) is 26.2 Å². The van der Waals surface area contributed by atoms with Crippen LogP contribution in [0.3, 0.4) is 0 Å². The minimum atomic E-state index is -3.87. The van der Waals surface area contributed by atoms with Gasteiger partial charge in [0.1, 0.15) is 0 Å². The Morgan fingerprint density at radius 1 is 1.35 bits per heavy atom. The van der Waals surface area contributed by atoms with E-state index >= 15 is 0 Å². The zero-order valence-electron chi connectivity index (χ0n) is 11.1. The number of aliphatic hydroxyl groups excluding tert-OH is 1. The van der Waals surface area contributed by atoms with Crippen LogP contribution in [-0.4, -0.2) is 36.5 Å². The van der Waals surface area contributed by atoms with E-state index in [-0.39, 0.29) is 17.5 Å². The lowest BCUT2D eigenvalue weighted by Crippen LogP contribution is -2.47. The van der Waals surface area contributed by atoms with Crippen molar-refractivity contribution < 1.29 is 22.3 Å². The molecule has 4 nitrogen and oxygen atoms in total. The SMILES string of the molecule is CC[C@H]1C[C@@H](O)CCN1S(=O)(=O)c1ccc(F)c(F)c1. The largest absolute Gasteiger partial charge is 0.393 e. The minimum absolute atomic E-state index is 0.182. The molecule has 0 unspecified atom stereocenters. The van der Waals surface area contributed by atoms with Gasteiger partial charge in [0.05, 0.1) is 11.0 Å². The second-order valence-corrected chi connectivity index (χ2v) is 6.82. The van der Waals surface area contributed by atoms with Gasteiger partial charge in [-0.1, -0.05) is 6.92 Å². The second-order valence-electron chi connectivity index (χ2n) is 4.93. The molecule has 1 fully saturated rings. The molecular weight excluding hydrogens is 288 g/mol. The number of piperidine rings is 1. The summed E-state index contributed by atoms with van der Waals surface area (Å²) in [6.07, 6.45) is 0.745. The van der Waals surface area contributed by atoms with Crippen molar-refractivity contribution in [2.45, 2.75) is 43.2 Å². The number of rotatable bonds is 3. The van der Waals surface area contributed by atoms with Crippen LogP contribution in [0.4, 0.5) is 8.78 Å². The number of hydrogen-bond acceptors (Lipinski definition) is 3. The van der Waals surface area contributed by atoms with Crippen LogP contribution in [0.25, 0.3) is 0 Å². The predicted molar refractivity (Wildman–Crippen MR) is 69.6 cm³/mol. The van der Waals surface area contributed by atoms with Crippen molar-refractivity contribution in [3.63, 3.8) is 0 Å². The normalized spacial score (nSPS) is 24.8. The third kappa shape index (κ3) is 2.84. The lowest BCUT2D eigenvalue weighted by atomic mass is 10.0. The Bertz CT molecular complexity index is 591. The summed E-state index contributed by atoms with van der Waals surface area (Å²) in [5.41, 5.74) is 0. The first-order valence-corrected chi connectivity index (χ1v) is 7.95. The van der Waals surface area contributed by atoms with Crippen LogP contribution in [0.15, 0.2) is 23.1 Å². The maximum Gasteiger partial charge on any atom is 0.243 e. The third-order valence-electron chi connectivity index (χ3n) is 3.60. The van der Waals surface area contributed by atoms with E-state index in [0.717, 1.165) is 12.1 Å². The molecule has 0 radical (unpaired) electrons. The fourth-order valence-corrected chi connectivity index (χ4v) is 4.20. The van der Waals surface area contributed by atoms with Crippen molar-refractivity contribution in [2.75, 3.05) is 6.54 Å². The lowest BCUT2D eigenvalue weighted by molar-refractivity contribution is 0.0797. The topological polar surface area (TPSA) is 57.6 Å². The molecule has 0 aliphatic carbocycles. The van der Waals surface area contributed by atoms with Crippen molar-refractivity contribution in [1.82, 2.24) is 4.31 Å². The van der Waals surface area contributed by atoms with Gasteiger partial charge in [0.15, 0.2) is 11.6 Å². The van der Waals surface area contributed by atoms with Crippen molar-refractivity contribution in [2.24, 2.45) is 0 Å². The Balaban J connectivity index is 2.35. The van der Waals surface area contributed by atoms with Crippen molar-refractivity contribution in [3.05, 3.63) is 29.8 Å².